The summed E-state index contributed by atoms with van der Waals surface area (Å²) in [5.74, 6) is 0.916. The Balaban J connectivity index is 2.49. The van der Waals surface area contributed by atoms with Crippen LogP contribution in [0.15, 0.2) is 0 Å². The molecular weight excluding hydrogens is 188 g/mol. The van der Waals surface area contributed by atoms with Crippen LogP contribution in [0.4, 0.5) is 0 Å². The van der Waals surface area contributed by atoms with Gasteiger partial charge in [0.1, 0.15) is 0 Å². The number of hydrogen-bond donors (Lipinski definition) is 1. The van der Waals surface area contributed by atoms with Gasteiger partial charge in [0, 0.05) is 25.6 Å². The molecule has 3 nitrogen and oxygen atoms in total. The zero-order valence-electron chi connectivity index (χ0n) is 10.3. The smallest absolute Gasteiger partial charge is 0.222 e. The molecule has 0 spiro atoms. The average Bonchev–Trinajstić information content (AvgIpc) is 2.39. The van der Waals surface area contributed by atoms with E-state index in [1.165, 1.54) is 12.8 Å². The van der Waals surface area contributed by atoms with E-state index in [1.54, 1.807) is 0 Å². The molecule has 1 heterocycles. The molecule has 1 unspecified atom stereocenters. The Morgan fingerprint density at radius 1 is 1.33 bits per heavy atom. The molecule has 0 saturated carbocycles. The molecular formula is C12H24N2O. The van der Waals surface area contributed by atoms with Gasteiger partial charge in [-0.1, -0.05) is 20.3 Å². The van der Waals surface area contributed by atoms with Gasteiger partial charge in [0.25, 0.3) is 0 Å². The summed E-state index contributed by atoms with van der Waals surface area (Å²) in [4.78, 5) is 13.8. The molecule has 0 aromatic rings. The van der Waals surface area contributed by atoms with Crippen LogP contribution in [0.1, 0.15) is 39.5 Å². The summed E-state index contributed by atoms with van der Waals surface area (Å²) >= 11 is 0. The minimum Gasteiger partial charge on any atom is -0.341 e. The van der Waals surface area contributed by atoms with Crippen molar-refractivity contribution in [2.75, 3.05) is 20.1 Å². The van der Waals surface area contributed by atoms with E-state index >= 15 is 0 Å². The molecule has 0 bridgehead atoms. The molecule has 1 atom stereocenters. The molecule has 1 saturated heterocycles. The molecule has 1 rings (SSSR count). The third-order valence-corrected chi connectivity index (χ3v) is 3.26. The molecule has 1 fully saturated rings. The van der Waals surface area contributed by atoms with Crippen molar-refractivity contribution in [2.24, 2.45) is 5.92 Å². The van der Waals surface area contributed by atoms with E-state index in [9.17, 15) is 4.79 Å². The maximum atomic E-state index is 11.8. The Hall–Kier alpha value is -0.570. The first kappa shape index (κ1) is 12.5. The van der Waals surface area contributed by atoms with E-state index < -0.39 is 0 Å². The van der Waals surface area contributed by atoms with E-state index in [2.05, 4.69) is 19.2 Å². The molecule has 0 aromatic heterocycles. The largest absolute Gasteiger partial charge is 0.341 e. The third kappa shape index (κ3) is 3.82. The monoisotopic (exact) mass is 212 g/mol. The zero-order chi connectivity index (χ0) is 11.3. The normalized spacial score (nSPS) is 20.5. The minimum atomic E-state index is 0.341. The van der Waals surface area contributed by atoms with Gasteiger partial charge in [0.15, 0.2) is 0 Å². The number of nitrogens with zero attached hydrogens (tertiary/aromatic N) is 1. The fourth-order valence-corrected chi connectivity index (χ4v) is 2.10. The van der Waals surface area contributed by atoms with Gasteiger partial charge in [-0.25, -0.2) is 0 Å². The summed E-state index contributed by atoms with van der Waals surface area (Å²) in [5.41, 5.74) is 0. The second kappa shape index (κ2) is 6.11. The summed E-state index contributed by atoms with van der Waals surface area (Å²) in [6, 6.07) is 0.423. The summed E-state index contributed by atoms with van der Waals surface area (Å²) in [6.45, 7) is 6.21. The van der Waals surface area contributed by atoms with Crippen molar-refractivity contribution >= 4 is 5.91 Å². The lowest BCUT2D eigenvalue weighted by Gasteiger charge is -2.28. The molecule has 1 aliphatic heterocycles. The van der Waals surface area contributed by atoms with Crippen LogP contribution in [-0.2, 0) is 4.79 Å². The zero-order valence-corrected chi connectivity index (χ0v) is 10.3. The Morgan fingerprint density at radius 2 is 2.07 bits per heavy atom. The van der Waals surface area contributed by atoms with Crippen LogP contribution < -0.4 is 5.32 Å². The highest BCUT2D eigenvalue weighted by Crippen LogP contribution is 2.13. The molecule has 0 aromatic carbocycles. The summed E-state index contributed by atoms with van der Waals surface area (Å²) in [5, 5.41) is 3.30. The van der Waals surface area contributed by atoms with Crippen LogP contribution in [0.5, 0.6) is 0 Å². The molecule has 1 amide bonds. The van der Waals surface area contributed by atoms with E-state index in [4.69, 9.17) is 0 Å². The first-order chi connectivity index (χ1) is 7.15. The number of hydrogen-bond acceptors (Lipinski definition) is 2. The molecule has 1 aliphatic rings. The van der Waals surface area contributed by atoms with Gasteiger partial charge in [-0.3, -0.25) is 4.79 Å². The van der Waals surface area contributed by atoms with E-state index in [-0.39, 0.29) is 0 Å². The van der Waals surface area contributed by atoms with Crippen LogP contribution in [0.2, 0.25) is 0 Å². The SMILES string of the molecule is CNC(CN1CCCCCC1=O)C(C)C. The van der Waals surface area contributed by atoms with Crippen LogP contribution in [0.25, 0.3) is 0 Å². The predicted molar refractivity (Wildman–Crippen MR) is 62.7 cm³/mol. The second-order valence-corrected chi connectivity index (χ2v) is 4.79. The first-order valence-corrected chi connectivity index (χ1v) is 6.10. The Labute approximate surface area is 93.2 Å². The van der Waals surface area contributed by atoms with Crippen molar-refractivity contribution in [3.8, 4) is 0 Å². The van der Waals surface area contributed by atoms with E-state index in [0.29, 0.717) is 17.9 Å². The quantitative estimate of drug-likeness (QED) is 0.768. The fourth-order valence-electron chi connectivity index (χ4n) is 2.10. The number of rotatable bonds is 4. The predicted octanol–water partition coefficient (Wildman–Crippen LogP) is 1.63. The van der Waals surface area contributed by atoms with E-state index in [1.807, 2.05) is 11.9 Å². The number of carbonyl (C=O) groups is 1. The van der Waals surface area contributed by atoms with Gasteiger partial charge >= 0.3 is 0 Å². The Morgan fingerprint density at radius 3 is 2.67 bits per heavy atom. The van der Waals surface area contributed by atoms with Gasteiger partial charge < -0.3 is 10.2 Å². The lowest BCUT2D eigenvalue weighted by Crippen LogP contribution is -2.45. The molecule has 88 valence electrons. The Kier molecular flexibility index (Phi) is 5.09. The lowest BCUT2D eigenvalue weighted by molar-refractivity contribution is -0.131. The van der Waals surface area contributed by atoms with Crippen molar-refractivity contribution in [3.05, 3.63) is 0 Å². The van der Waals surface area contributed by atoms with Gasteiger partial charge in [0.2, 0.25) is 5.91 Å². The van der Waals surface area contributed by atoms with Crippen molar-refractivity contribution in [2.45, 2.75) is 45.6 Å². The molecule has 0 radical (unpaired) electrons. The van der Waals surface area contributed by atoms with Crippen LogP contribution in [-0.4, -0.2) is 37.0 Å². The third-order valence-electron chi connectivity index (χ3n) is 3.26. The number of amides is 1. The second-order valence-electron chi connectivity index (χ2n) is 4.79. The number of likely N-dealkylation sites (tertiary alicyclic amines) is 1. The van der Waals surface area contributed by atoms with E-state index in [0.717, 1.165) is 25.9 Å². The van der Waals surface area contributed by atoms with Crippen molar-refractivity contribution in [1.29, 1.82) is 0 Å². The average molecular weight is 212 g/mol. The Bertz CT molecular complexity index is 204. The van der Waals surface area contributed by atoms with Gasteiger partial charge in [0.05, 0.1) is 0 Å². The molecule has 3 heteroatoms. The highest BCUT2D eigenvalue weighted by molar-refractivity contribution is 5.76. The molecule has 1 N–H and O–H groups in total. The highest BCUT2D eigenvalue weighted by Gasteiger charge is 2.21. The van der Waals surface area contributed by atoms with Crippen molar-refractivity contribution in [1.82, 2.24) is 10.2 Å². The van der Waals surface area contributed by atoms with Crippen molar-refractivity contribution < 1.29 is 4.79 Å². The highest BCUT2D eigenvalue weighted by atomic mass is 16.2. The lowest BCUT2D eigenvalue weighted by atomic mass is 10.0. The summed E-state index contributed by atoms with van der Waals surface area (Å²) in [6.07, 6.45) is 4.18. The number of likely N-dealkylation sites (N-methyl/N-ethyl adjacent to an activating group) is 1. The van der Waals surface area contributed by atoms with Gasteiger partial charge in [-0.15, -0.1) is 0 Å². The summed E-state index contributed by atoms with van der Waals surface area (Å²) < 4.78 is 0. The molecule has 15 heavy (non-hydrogen) atoms. The van der Waals surface area contributed by atoms with Crippen LogP contribution >= 0.6 is 0 Å². The maximum Gasteiger partial charge on any atom is 0.222 e. The standard InChI is InChI=1S/C12H24N2O/c1-10(2)11(13-3)9-14-8-6-4-5-7-12(14)15/h10-11,13H,4-9H2,1-3H3. The fraction of sp³-hybridized carbons (Fsp3) is 0.917. The van der Waals surface area contributed by atoms with Crippen LogP contribution in [0, 0.1) is 5.92 Å². The first-order valence-electron chi connectivity index (χ1n) is 6.10. The summed E-state index contributed by atoms with van der Waals surface area (Å²) in [7, 11) is 1.98. The maximum absolute atomic E-state index is 11.8. The van der Waals surface area contributed by atoms with Crippen LogP contribution in [0.3, 0.4) is 0 Å². The minimum absolute atomic E-state index is 0.341. The van der Waals surface area contributed by atoms with Gasteiger partial charge in [-0.2, -0.15) is 0 Å². The topological polar surface area (TPSA) is 32.3 Å². The number of nitrogens with one attached hydrogen (secondary N) is 1. The van der Waals surface area contributed by atoms with Crippen molar-refractivity contribution in [3.63, 3.8) is 0 Å². The van der Waals surface area contributed by atoms with Gasteiger partial charge in [-0.05, 0) is 25.8 Å². The number of carbonyl (C=O) groups excluding carboxylic acids is 1. The molecule has 0 aliphatic carbocycles.